The molecular formula is C20H26N2O3S2. The van der Waals surface area contributed by atoms with Gasteiger partial charge in [-0.1, -0.05) is 32.0 Å². The number of carbonyl (C=O) groups is 1. The Bertz CT molecular complexity index is 904. The standard InChI is InChI=1S/C20H26N2O3S2/c1-11-4-3-5-13(8-11)25-16(23)10-26-20-21-18(24)17-14-7-6-12(2)9-15(14)27-19(17)22-20/h11-13H,3-10H2,1-2H3,(H,21,22,24)/t11-,12+,13-/m0/s1. The van der Waals surface area contributed by atoms with Crippen LogP contribution in [0.2, 0.25) is 0 Å². The van der Waals surface area contributed by atoms with Crippen molar-refractivity contribution in [2.45, 2.75) is 70.1 Å². The highest BCUT2D eigenvalue weighted by molar-refractivity contribution is 7.99. The van der Waals surface area contributed by atoms with Gasteiger partial charge in [0.05, 0.1) is 11.1 Å². The molecule has 5 nitrogen and oxygen atoms in total. The average Bonchev–Trinajstić information content (AvgIpc) is 2.97. The topological polar surface area (TPSA) is 72.0 Å². The van der Waals surface area contributed by atoms with Crippen molar-refractivity contribution in [2.75, 3.05) is 5.75 Å². The molecule has 146 valence electrons. The van der Waals surface area contributed by atoms with E-state index in [1.807, 2.05) is 0 Å². The number of aromatic amines is 1. The van der Waals surface area contributed by atoms with Crippen LogP contribution in [0, 0.1) is 11.8 Å². The van der Waals surface area contributed by atoms with E-state index in [1.54, 1.807) is 11.3 Å². The molecule has 1 N–H and O–H groups in total. The molecule has 0 unspecified atom stereocenters. The van der Waals surface area contributed by atoms with Crippen molar-refractivity contribution in [3.63, 3.8) is 0 Å². The van der Waals surface area contributed by atoms with Gasteiger partial charge in [-0.2, -0.15) is 0 Å². The summed E-state index contributed by atoms with van der Waals surface area (Å²) in [5.41, 5.74) is 1.10. The lowest BCUT2D eigenvalue weighted by Gasteiger charge is -2.26. The second-order valence-electron chi connectivity index (χ2n) is 8.08. The van der Waals surface area contributed by atoms with Crippen LogP contribution in [-0.4, -0.2) is 27.8 Å². The van der Waals surface area contributed by atoms with Gasteiger partial charge >= 0.3 is 5.97 Å². The molecule has 0 bridgehead atoms. The normalized spacial score (nSPS) is 25.3. The fourth-order valence-corrected chi connectivity index (χ4v) is 6.31. The largest absolute Gasteiger partial charge is 0.462 e. The number of aryl methyl sites for hydroxylation is 1. The molecule has 0 amide bonds. The lowest BCUT2D eigenvalue weighted by atomic mass is 9.89. The number of ether oxygens (including phenoxy) is 1. The Balaban J connectivity index is 1.43. The lowest BCUT2D eigenvalue weighted by molar-refractivity contribution is -0.147. The van der Waals surface area contributed by atoms with Crippen LogP contribution in [0.3, 0.4) is 0 Å². The summed E-state index contributed by atoms with van der Waals surface area (Å²) in [6.45, 7) is 4.46. The summed E-state index contributed by atoms with van der Waals surface area (Å²) >= 11 is 2.89. The molecule has 3 atom stereocenters. The highest BCUT2D eigenvalue weighted by atomic mass is 32.2. The molecule has 2 aliphatic rings. The minimum Gasteiger partial charge on any atom is -0.462 e. The fraction of sp³-hybridized carbons (Fsp3) is 0.650. The number of H-pyrrole nitrogens is 1. The maximum atomic E-state index is 12.6. The number of rotatable bonds is 4. The van der Waals surface area contributed by atoms with E-state index in [2.05, 4.69) is 23.8 Å². The first-order chi connectivity index (χ1) is 13.0. The van der Waals surface area contributed by atoms with Gasteiger partial charge in [0, 0.05) is 4.88 Å². The lowest BCUT2D eigenvalue weighted by Crippen LogP contribution is -2.25. The summed E-state index contributed by atoms with van der Waals surface area (Å²) < 4.78 is 5.60. The number of aromatic nitrogens is 2. The molecule has 2 aromatic heterocycles. The number of hydrogen-bond donors (Lipinski definition) is 1. The first-order valence-corrected chi connectivity index (χ1v) is 11.7. The molecule has 0 spiro atoms. The number of thioether (sulfide) groups is 1. The molecule has 0 radical (unpaired) electrons. The zero-order chi connectivity index (χ0) is 19.0. The maximum Gasteiger partial charge on any atom is 0.316 e. The van der Waals surface area contributed by atoms with Crippen LogP contribution in [0.15, 0.2) is 9.95 Å². The van der Waals surface area contributed by atoms with E-state index in [0.717, 1.165) is 48.7 Å². The second kappa shape index (κ2) is 7.95. The number of fused-ring (bicyclic) bond motifs is 3. The van der Waals surface area contributed by atoms with E-state index in [9.17, 15) is 9.59 Å². The zero-order valence-corrected chi connectivity index (χ0v) is 17.5. The minimum absolute atomic E-state index is 0.0438. The predicted octanol–water partition coefficient (Wildman–Crippen LogP) is 4.32. The average molecular weight is 407 g/mol. The smallest absolute Gasteiger partial charge is 0.316 e. The van der Waals surface area contributed by atoms with Gasteiger partial charge in [0.25, 0.3) is 5.56 Å². The van der Waals surface area contributed by atoms with Crippen molar-refractivity contribution in [3.8, 4) is 0 Å². The third-order valence-electron chi connectivity index (χ3n) is 5.66. The maximum absolute atomic E-state index is 12.6. The summed E-state index contributed by atoms with van der Waals surface area (Å²) in [6, 6.07) is 0. The van der Waals surface area contributed by atoms with Gasteiger partial charge in [0.1, 0.15) is 10.9 Å². The zero-order valence-electron chi connectivity index (χ0n) is 15.9. The van der Waals surface area contributed by atoms with E-state index in [4.69, 9.17) is 4.74 Å². The summed E-state index contributed by atoms with van der Waals surface area (Å²) in [4.78, 5) is 34.3. The second-order valence-corrected chi connectivity index (χ2v) is 10.1. The molecule has 0 aliphatic heterocycles. The van der Waals surface area contributed by atoms with Crippen LogP contribution >= 0.6 is 23.1 Å². The van der Waals surface area contributed by atoms with Crippen LogP contribution in [0.25, 0.3) is 10.2 Å². The van der Waals surface area contributed by atoms with E-state index in [0.29, 0.717) is 17.0 Å². The van der Waals surface area contributed by atoms with Crippen LogP contribution in [0.5, 0.6) is 0 Å². The van der Waals surface area contributed by atoms with Crippen LogP contribution in [-0.2, 0) is 22.4 Å². The van der Waals surface area contributed by atoms with Crippen LogP contribution in [0.4, 0.5) is 0 Å². The Kier molecular flexibility index (Phi) is 5.60. The Hall–Kier alpha value is -1.34. The van der Waals surface area contributed by atoms with E-state index in [-0.39, 0.29) is 23.4 Å². The van der Waals surface area contributed by atoms with Gasteiger partial charge in [-0.05, 0) is 55.9 Å². The number of nitrogens with zero attached hydrogens (tertiary/aromatic N) is 1. The monoisotopic (exact) mass is 406 g/mol. The summed E-state index contributed by atoms with van der Waals surface area (Å²) in [5, 5.41) is 1.26. The molecule has 2 aliphatic carbocycles. The van der Waals surface area contributed by atoms with E-state index < -0.39 is 0 Å². The highest BCUT2D eigenvalue weighted by Crippen LogP contribution is 2.36. The molecule has 2 heterocycles. The number of thiophene rings is 1. The first kappa shape index (κ1) is 19.0. The van der Waals surface area contributed by atoms with Crippen molar-refractivity contribution >= 4 is 39.3 Å². The Morgan fingerprint density at radius 2 is 2.15 bits per heavy atom. The molecule has 2 aromatic rings. The van der Waals surface area contributed by atoms with Gasteiger partial charge in [-0.15, -0.1) is 11.3 Å². The Labute approximate surface area is 167 Å². The van der Waals surface area contributed by atoms with Gasteiger partial charge in [-0.25, -0.2) is 4.98 Å². The van der Waals surface area contributed by atoms with Gasteiger partial charge < -0.3 is 9.72 Å². The summed E-state index contributed by atoms with van der Waals surface area (Å²) in [7, 11) is 0. The number of carbonyl (C=O) groups excluding carboxylic acids is 1. The van der Waals surface area contributed by atoms with Crippen molar-refractivity contribution in [2.24, 2.45) is 11.8 Å². The molecule has 0 saturated heterocycles. The quantitative estimate of drug-likeness (QED) is 0.465. The summed E-state index contributed by atoms with van der Waals surface area (Å²) in [5.74, 6) is 1.25. The van der Waals surface area contributed by atoms with E-state index in [1.165, 1.54) is 28.6 Å². The minimum atomic E-state index is -0.221. The molecule has 4 rings (SSSR count). The van der Waals surface area contributed by atoms with E-state index >= 15 is 0 Å². The number of esters is 1. The summed E-state index contributed by atoms with van der Waals surface area (Å²) in [6.07, 6.45) is 7.42. The molecule has 7 heteroatoms. The SMILES string of the molecule is C[C@@H]1CCc2c(sc3nc(SCC(=O)O[C@H]4CCC[C@H](C)C4)[nH]c(=O)c23)C1. The number of hydrogen-bond acceptors (Lipinski definition) is 6. The Morgan fingerprint density at radius 3 is 2.96 bits per heavy atom. The first-order valence-electron chi connectivity index (χ1n) is 9.86. The molecule has 0 aromatic carbocycles. The van der Waals surface area contributed by atoms with Crippen molar-refractivity contribution in [1.29, 1.82) is 0 Å². The predicted molar refractivity (Wildman–Crippen MR) is 110 cm³/mol. The van der Waals surface area contributed by atoms with Gasteiger partial charge in [0.15, 0.2) is 5.16 Å². The third kappa shape index (κ3) is 4.24. The van der Waals surface area contributed by atoms with Crippen LogP contribution in [0.1, 0.15) is 56.4 Å². The van der Waals surface area contributed by atoms with Crippen LogP contribution < -0.4 is 5.56 Å². The highest BCUT2D eigenvalue weighted by Gasteiger charge is 2.24. The van der Waals surface area contributed by atoms with Crippen molar-refractivity contribution in [1.82, 2.24) is 9.97 Å². The Morgan fingerprint density at radius 1 is 1.30 bits per heavy atom. The van der Waals surface area contributed by atoms with Crippen molar-refractivity contribution < 1.29 is 9.53 Å². The van der Waals surface area contributed by atoms with Gasteiger partial charge in [-0.3, -0.25) is 9.59 Å². The molecule has 27 heavy (non-hydrogen) atoms. The molecule has 1 fully saturated rings. The third-order valence-corrected chi connectivity index (χ3v) is 7.65. The van der Waals surface area contributed by atoms with Gasteiger partial charge in [0.2, 0.25) is 0 Å². The van der Waals surface area contributed by atoms with Crippen molar-refractivity contribution in [3.05, 3.63) is 20.8 Å². The fourth-order valence-electron chi connectivity index (χ4n) is 4.23. The molecular weight excluding hydrogens is 380 g/mol. The number of nitrogens with one attached hydrogen (secondary N) is 1. The molecule has 1 saturated carbocycles.